The summed E-state index contributed by atoms with van der Waals surface area (Å²) in [5.74, 6) is -1.000. The molecule has 0 bridgehead atoms. The molecule has 0 fully saturated rings. The Labute approximate surface area is 110 Å². The number of halogens is 1. The monoisotopic (exact) mass is 267 g/mol. The smallest absolute Gasteiger partial charge is 0.307 e. The van der Waals surface area contributed by atoms with Gasteiger partial charge in [0.25, 0.3) is 0 Å². The Morgan fingerprint density at radius 2 is 2.17 bits per heavy atom. The average Bonchev–Trinajstić information content (AvgIpc) is 2.27. The van der Waals surface area contributed by atoms with E-state index in [1.165, 1.54) is 6.92 Å². The van der Waals surface area contributed by atoms with Crippen LogP contribution in [0.25, 0.3) is 6.08 Å². The number of rotatable bonds is 5. The maximum Gasteiger partial charge on any atom is 0.307 e. The lowest BCUT2D eigenvalue weighted by molar-refractivity contribution is -0.136. The lowest BCUT2D eigenvalue weighted by atomic mass is 10.1. The Hall–Kier alpha value is -1.81. The number of carbonyl (C=O) groups excluding carboxylic acids is 1. The van der Waals surface area contributed by atoms with Crippen LogP contribution in [0.4, 0.5) is 0 Å². The summed E-state index contributed by atoms with van der Waals surface area (Å²) < 4.78 is 0. The van der Waals surface area contributed by atoms with Gasteiger partial charge in [0.15, 0.2) is 0 Å². The highest BCUT2D eigenvalue weighted by molar-refractivity contribution is 6.31. The molecule has 96 valence electrons. The molecule has 0 spiro atoms. The fourth-order valence-electron chi connectivity index (χ4n) is 1.37. The highest BCUT2D eigenvalue weighted by Gasteiger charge is 2.05. The fraction of sp³-hybridized carbons (Fsp3) is 0.231. The number of nitrogens with one attached hydrogen (secondary N) is 1. The van der Waals surface area contributed by atoms with Crippen LogP contribution in [0.2, 0.25) is 5.02 Å². The van der Waals surface area contributed by atoms with E-state index in [0.717, 1.165) is 5.56 Å². The summed E-state index contributed by atoms with van der Waals surface area (Å²) >= 11 is 5.97. The molecular weight excluding hydrogens is 254 g/mol. The predicted octanol–water partition coefficient (Wildman–Crippen LogP) is 2.12. The highest BCUT2D eigenvalue weighted by Crippen LogP contribution is 2.19. The normalized spacial score (nSPS) is 10.6. The second-order valence-electron chi connectivity index (χ2n) is 3.76. The van der Waals surface area contributed by atoms with Gasteiger partial charge in [-0.1, -0.05) is 35.9 Å². The maximum absolute atomic E-state index is 10.6. The molecule has 2 N–H and O–H groups in total. The van der Waals surface area contributed by atoms with E-state index in [4.69, 9.17) is 16.7 Å². The highest BCUT2D eigenvalue weighted by atomic mass is 35.5. The van der Waals surface area contributed by atoms with Crippen LogP contribution in [0.15, 0.2) is 24.3 Å². The van der Waals surface area contributed by atoms with Gasteiger partial charge in [0.2, 0.25) is 5.91 Å². The molecule has 1 rings (SSSR count). The predicted molar refractivity (Wildman–Crippen MR) is 70.5 cm³/mol. The molecule has 0 radical (unpaired) electrons. The van der Waals surface area contributed by atoms with Crippen molar-refractivity contribution in [2.45, 2.75) is 13.3 Å². The van der Waals surface area contributed by atoms with Gasteiger partial charge in [-0.2, -0.15) is 0 Å². The van der Waals surface area contributed by atoms with Gasteiger partial charge in [-0.05, 0) is 17.2 Å². The Morgan fingerprint density at radius 1 is 1.44 bits per heavy atom. The molecule has 1 amide bonds. The number of hydrogen-bond donors (Lipinski definition) is 2. The van der Waals surface area contributed by atoms with Crippen LogP contribution in [0.1, 0.15) is 18.1 Å². The van der Waals surface area contributed by atoms with Crippen molar-refractivity contribution < 1.29 is 14.7 Å². The minimum absolute atomic E-state index is 0.0884. The van der Waals surface area contributed by atoms with Crippen molar-refractivity contribution in [3.05, 3.63) is 40.4 Å². The third-order valence-electron chi connectivity index (χ3n) is 2.20. The first kappa shape index (κ1) is 14.3. The SMILES string of the molecule is CC(=O)NCC=Cc1ccc(CC(=O)O)c(Cl)c1. The van der Waals surface area contributed by atoms with E-state index >= 15 is 0 Å². The van der Waals surface area contributed by atoms with Gasteiger partial charge < -0.3 is 10.4 Å². The lowest BCUT2D eigenvalue weighted by Gasteiger charge is -2.02. The number of carboxylic acid groups (broad SMARTS) is 1. The number of benzene rings is 1. The number of amides is 1. The summed E-state index contributed by atoms with van der Waals surface area (Å²) in [6.45, 7) is 1.90. The number of aliphatic carboxylic acids is 1. The van der Waals surface area contributed by atoms with Gasteiger partial charge in [0.05, 0.1) is 6.42 Å². The molecule has 0 saturated heterocycles. The number of hydrogen-bond acceptors (Lipinski definition) is 2. The van der Waals surface area contributed by atoms with E-state index in [-0.39, 0.29) is 12.3 Å². The number of carbonyl (C=O) groups is 2. The first-order valence-electron chi connectivity index (χ1n) is 5.40. The van der Waals surface area contributed by atoms with Gasteiger partial charge >= 0.3 is 5.97 Å². The average molecular weight is 268 g/mol. The van der Waals surface area contributed by atoms with E-state index < -0.39 is 5.97 Å². The summed E-state index contributed by atoms with van der Waals surface area (Å²) in [5.41, 5.74) is 1.45. The summed E-state index contributed by atoms with van der Waals surface area (Å²) in [6, 6.07) is 5.17. The second-order valence-corrected chi connectivity index (χ2v) is 4.17. The largest absolute Gasteiger partial charge is 0.481 e. The van der Waals surface area contributed by atoms with E-state index in [1.807, 2.05) is 6.08 Å². The Morgan fingerprint density at radius 3 is 2.72 bits per heavy atom. The molecular formula is C13H14ClNO3. The molecule has 1 aromatic carbocycles. The summed E-state index contributed by atoms with van der Waals surface area (Å²) in [5, 5.41) is 11.7. The zero-order valence-electron chi connectivity index (χ0n) is 9.94. The Bertz CT molecular complexity index is 483. The van der Waals surface area contributed by atoms with E-state index in [1.54, 1.807) is 24.3 Å². The second kappa shape index (κ2) is 6.81. The molecule has 0 unspecified atom stereocenters. The van der Waals surface area contributed by atoms with Gasteiger partial charge in [-0.25, -0.2) is 0 Å². The Balaban J connectivity index is 2.66. The summed E-state index contributed by atoms with van der Waals surface area (Å²) in [4.78, 5) is 21.2. The van der Waals surface area contributed by atoms with Gasteiger partial charge in [0.1, 0.15) is 0 Å². The molecule has 0 heterocycles. The third-order valence-corrected chi connectivity index (χ3v) is 2.55. The fourth-order valence-corrected chi connectivity index (χ4v) is 1.63. The van der Waals surface area contributed by atoms with Crippen LogP contribution in [-0.4, -0.2) is 23.5 Å². The Kier molecular flexibility index (Phi) is 5.39. The van der Waals surface area contributed by atoms with Crippen molar-refractivity contribution >= 4 is 29.6 Å². The molecule has 0 atom stereocenters. The summed E-state index contributed by atoms with van der Waals surface area (Å²) in [7, 11) is 0. The van der Waals surface area contributed by atoms with Gasteiger partial charge in [-0.15, -0.1) is 0 Å². The van der Waals surface area contributed by atoms with Crippen LogP contribution >= 0.6 is 11.6 Å². The summed E-state index contributed by atoms with van der Waals surface area (Å²) in [6.07, 6.45) is 3.52. The molecule has 0 aromatic heterocycles. The quantitative estimate of drug-likeness (QED) is 0.859. The molecule has 18 heavy (non-hydrogen) atoms. The van der Waals surface area contributed by atoms with Crippen LogP contribution < -0.4 is 5.32 Å². The van der Waals surface area contributed by atoms with Gasteiger partial charge in [0, 0.05) is 18.5 Å². The van der Waals surface area contributed by atoms with Gasteiger partial charge in [-0.3, -0.25) is 9.59 Å². The van der Waals surface area contributed by atoms with Crippen LogP contribution in [0, 0.1) is 0 Å². The van der Waals surface area contributed by atoms with Crippen LogP contribution in [-0.2, 0) is 16.0 Å². The van der Waals surface area contributed by atoms with Crippen LogP contribution in [0.5, 0.6) is 0 Å². The maximum atomic E-state index is 10.6. The molecule has 0 saturated carbocycles. The molecule has 1 aromatic rings. The zero-order valence-corrected chi connectivity index (χ0v) is 10.7. The first-order chi connectivity index (χ1) is 8.49. The van der Waals surface area contributed by atoms with E-state index in [2.05, 4.69) is 5.32 Å². The standard InChI is InChI=1S/C13H14ClNO3/c1-9(16)15-6-2-3-10-4-5-11(8-13(17)18)12(14)7-10/h2-5,7H,6,8H2,1H3,(H,15,16)(H,17,18). The van der Waals surface area contributed by atoms with Crippen molar-refractivity contribution in [2.24, 2.45) is 0 Å². The molecule has 0 aliphatic rings. The molecule has 4 nitrogen and oxygen atoms in total. The number of carboxylic acids is 1. The minimum Gasteiger partial charge on any atom is -0.481 e. The molecule has 0 aliphatic carbocycles. The van der Waals surface area contributed by atoms with Crippen molar-refractivity contribution in [2.75, 3.05) is 6.54 Å². The first-order valence-corrected chi connectivity index (χ1v) is 5.78. The van der Waals surface area contributed by atoms with Crippen LogP contribution in [0.3, 0.4) is 0 Å². The van der Waals surface area contributed by atoms with Crippen molar-refractivity contribution in [3.8, 4) is 0 Å². The molecule has 0 aliphatic heterocycles. The van der Waals surface area contributed by atoms with Crippen molar-refractivity contribution in [1.82, 2.24) is 5.32 Å². The molecule has 5 heteroatoms. The lowest BCUT2D eigenvalue weighted by Crippen LogP contribution is -2.19. The zero-order chi connectivity index (χ0) is 13.5. The van der Waals surface area contributed by atoms with Crippen molar-refractivity contribution in [3.63, 3.8) is 0 Å². The van der Waals surface area contributed by atoms with E-state index in [0.29, 0.717) is 17.1 Å². The van der Waals surface area contributed by atoms with E-state index in [9.17, 15) is 9.59 Å². The minimum atomic E-state index is -0.911. The topological polar surface area (TPSA) is 66.4 Å². The third kappa shape index (κ3) is 5.01. The van der Waals surface area contributed by atoms with Crippen molar-refractivity contribution in [1.29, 1.82) is 0 Å².